The van der Waals surface area contributed by atoms with Crippen LogP contribution in [0.5, 0.6) is 0 Å². The number of hydrogen-bond donors (Lipinski definition) is 1. The summed E-state index contributed by atoms with van der Waals surface area (Å²) in [6.07, 6.45) is 7.96. The fraction of sp³-hybridized carbons (Fsp3) is 0.200. The predicted octanol–water partition coefficient (Wildman–Crippen LogP) is 2.57. The largest absolute Gasteiger partial charge is 0.325 e. The smallest absolute Gasteiger partial charge is 0.225 e. The summed E-state index contributed by atoms with van der Waals surface area (Å²) in [6, 6.07) is 7.18. The molecule has 0 spiro atoms. The molecule has 2 unspecified atom stereocenters. The first-order chi connectivity index (χ1) is 8.75. The maximum atomic E-state index is 12.5. The molecule has 18 heavy (non-hydrogen) atoms. The van der Waals surface area contributed by atoms with Crippen molar-refractivity contribution in [1.29, 1.82) is 0 Å². The Morgan fingerprint density at radius 1 is 1.06 bits per heavy atom. The molecular formula is C15H13NO2. The number of Topliss-reactive ketones (excluding diaryl/α,β-unsaturated/α-hetero) is 1. The molecule has 0 saturated carbocycles. The molecule has 0 fully saturated rings. The number of hydrogen-bond acceptors (Lipinski definition) is 2. The van der Waals surface area contributed by atoms with E-state index in [9.17, 15) is 9.59 Å². The number of ketones is 1. The molecule has 90 valence electrons. The van der Waals surface area contributed by atoms with Crippen molar-refractivity contribution in [2.45, 2.75) is 6.42 Å². The lowest BCUT2D eigenvalue weighted by Crippen LogP contribution is -2.30. The summed E-state index contributed by atoms with van der Waals surface area (Å²) < 4.78 is 0. The third kappa shape index (κ3) is 1.78. The quantitative estimate of drug-likeness (QED) is 0.756. The number of anilines is 1. The zero-order chi connectivity index (χ0) is 12.5. The highest BCUT2D eigenvalue weighted by atomic mass is 16.2. The first-order valence-electron chi connectivity index (χ1n) is 6.04. The van der Waals surface area contributed by atoms with Crippen LogP contribution >= 0.6 is 0 Å². The van der Waals surface area contributed by atoms with Gasteiger partial charge in [0, 0.05) is 17.9 Å². The van der Waals surface area contributed by atoms with E-state index >= 15 is 0 Å². The van der Waals surface area contributed by atoms with E-state index in [0.717, 1.165) is 0 Å². The summed E-state index contributed by atoms with van der Waals surface area (Å²) in [7, 11) is 0. The van der Waals surface area contributed by atoms with Gasteiger partial charge in [0.15, 0.2) is 5.78 Å². The maximum absolute atomic E-state index is 12.5. The van der Waals surface area contributed by atoms with Gasteiger partial charge >= 0.3 is 0 Å². The fourth-order valence-corrected chi connectivity index (χ4v) is 2.53. The molecule has 0 bridgehead atoms. The van der Waals surface area contributed by atoms with Crippen LogP contribution in [0, 0.1) is 11.8 Å². The number of amides is 1. The summed E-state index contributed by atoms with van der Waals surface area (Å²) in [5, 5.41) is 2.81. The minimum absolute atomic E-state index is 0.0316. The highest BCUT2D eigenvalue weighted by molar-refractivity contribution is 6.08. The van der Waals surface area contributed by atoms with E-state index in [-0.39, 0.29) is 23.5 Å². The molecule has 1 aliphatic carbocycles. The molecule has 2 atom stereocenters. The second-order valence-electron chi connectivity index (χ2n) is 4.62. The van der Waals surface area contributed by atoms with Crippen molar-refractivity contribution < 1.29 is 9.59 Å². The van der Waals surface area contributed by atoms with Gasteiger partial charge in [-0.05, 0) is 18.1 Å². The SMILES string of the molecule is O=C1CC2C=CC=CC2C(=O)c2ccccc2N1. The summed E-state index contributed by atoms with van der Waals surface area (Å²) in [5.74, 6) is -0.209. The third-order valence-electron chi connectivity index (χ3n) is 3.44. The van der Waals surface area contributed by atoms with Crippen molar-refractivity contribution in [2.24, 2.45) is 11.8 Å². The Kier molecular flexibility index (Phi) is 2.59. The van der Waals surface area contributed by atoms with Crippen LogP contribution in [0.2, 0.25) is 0 Å². The van der Waals surface area contributed by atoms with E-state index in [1.54, 1.807) is 12.1 Å². The molecule has 3 rings (SSSR count). The minimum atomic E-state index is -0.220. The summed E-state index contributed by atoms with van der Waals surface area (Å²) in [6.45, 7) is 0. The maximum Gasteiger partial charge on any atom is 0.225 e. The Hall–Kier alpha value is -2.16. The summed E-state index contributed by atoms with van der Waals surface area (Å²) >= 11 is 0. The van der Waals surface area contributed by atoms with Gasteiger partial charge in [0.2, 0.25) is 5.91 Å². The second-order valence-corrected chi connectivity index (χ2v) is 4.62. The van der Waals surface area contributed by atoms with Crippen molar-refractivity contribution in [1.82, 2.24) is 0 Å². The zero-order valence-electron chi connectivity index (χ0n) is 9.80. The van der Waals surface area contributed by atoms with Crippen LogP contribution in [0.3, 0.4) is 0 Å². The molecule has 1 N–H and O–H groups in total. The minimum Gasteiger partial charge on any atom is -0.325 e. The molecule has 3 nitrogen and oxygen atoms in total. The molecule has 1 heterocycles. The summed E-state index contributed by atoms with van der Waals surface area (Å²) in [4.78, 5) is 24.4. The van der Waals surface area contributed by atoms with Gasteiger partial charge in [-0.15, -0.1) is 0 Å². The van der Waals surface area contributed by atoms with Gasteiger partial charge in [0.1, 0.15) is 0 Å². The third-order valence-corrected chi connectivity index (χ3v) is 3.44. The number of carbonyl (C=O) groups is 2. The molecule has 0 saturated heterocycles. The number of nitrogens with one attached hydrogen (secondary N) is 1. The molecule has 1 amide bonds. The van der Waals surface area contributed by atoms with Crippen LogP contribution < -0.4 is 5.32 Å². The Labute approximate surface area is 105 Å². The Morgan fingerprint density at radius 2 is 1.83 bits per heavy atom. The van der Waals surface area contributed by atoms with E-state index in [0.29, 0.717) is 17.7 Å². The number of fused-ring (bicyclic) bond motifs is 2. The highest BCUT2D eigenvalue weighted by Crippen LogP contribution is 2.31. The van der Waals surface area contributed by atoms with Crippen LogP contribution in [0.1, 0.15) is 16.8 Å². The molecule has 0 aromatic heterocycles. The van der Waals surface area contributed by atoms with Crippen molar-refractivity contribution in [2.75, 3.05) is 5.32 Å². The van der Waals surface area contributed by atoms with Crippen LogP contribution in [0.15, 0.2) is 48.6 Å². The molecule has 2 aliphatic rings. The Bertz CT molecular complexity index is 572. The first kappa shape index (κ1) is 11.0. The fourth-order valence-electron chi connectivity index (χ4n) is 2.53. The lowest BCUT2D eigenvalue weighted by atomic mass is 9.79. The highest BCUT2D eigenvalue weighted by Gasteiger charge is 2.31. The molecule has 1 aliphatic heterocycles. The van der Waals surface area contributed by atoms with Crippen molar-refractivity contribution in [3.05, 3.63) is 54.1 Å². The lowest BCUT2D eigenvalue weighted by Gasteiger charge is -2.26. The van der Waals surface area contributed by atoms with Crippen LogP contribution in [-0.4, -0.2) is 11.7 Å². The lowest BCUT2D eigenvalue weighted by molar-refractivity contribution is -0.116. The van der Waals surface area contributed by atoms with Gasteiger partial charge in [-0.2, -0.15) is 0 Å². The molecule has 1 aromatic carbocycles. The van der Waals surface area contributed by atoms with E-state index in [2.05, 4.69) is 5.32 Å². The van der Waals surface area contributed by atoms with E-state index in [1.165, 1.54) is 0 Å². The van der Waals surface area contributed by atoms with Gasteiger partial charge in [0.25, 0.3) is 0 Å². The number of rotatable bonds is 0. The topological polar surface area (TPSA) is 46.2 Å². The van der Waals surface area contributed by atoms with Crippen molar-refractivity contribution in [3.63, 3.8) is 0 Å². The number of allylic oxidation sites excluding steroid dienone is 4. The average Bonchev–Trinajstić information content (AvgIpc) is 2.38. The van der Waals surface area contributed by atoms with Gasteiger partial charge in [-0.3, -0.25) is 9.59 Å². The van der Waals surface area contributed by atoms with Crippen molar-refractivity contribution >= 4 is 17.4 Å². The normalized spacial score (nSPS) is 25.8. The molecule has 0 radical (unpaired) electrons. The monoisotopic (exact) mass is 239 g/mol. The number of para-hydroxylation sites is 1. The summed E-state index contributed by atoms with van der Waals surface area (Å²) in [5.41, 5.74) is 1.22. The molecule has 1 aromatic rings. The van der Waals surface area contributed by atoms with Gasteiger partial charge in [-0.1, -0.05) is 36.4 Å². The van der Waals surface area contributed by atoms with Crippen molar-refractivity contribution in [3.8, 4) is 0 Å². The van der Waals surface area contributed by atoms with Crippen LogP contribution in [0.4, 0.5) is 5.69 Å². The Morgan fingerprint density at radius 3 is 2.72 bits per heavy atom. The molecule has 3 heteroatoms. The second kappa shape index (κ2) is 4.26. The van der Waals surface area contributed by atoms with Crippen LogP contribution in [-0.2, 0) is 4.79 Å². The van der Waals surface area contributed by atoms with E-state index in [1.807, 2.05) is 36.4 Å². The van der Waals surface area contributed by atoms with Crippen LogP contribution in [0.25, 0.3) is 0 Å². The van der Waals surface area contributed by atoms with Gasteiger partial charge < -0.3 is 5.32 Å². The number of benzene rings is 1. The number of carbonyl (C=O) groups excluding carboxylic acids is 2. The average molecular weight is 239 g/mol. The van der Waals surface area contributed by atoms with Gasteiger partial charge in [0.05, 0.1) is 5.69 Å². The molecular weight excluding hydrogens is 226 g/mol. The standard InChI is InChI=1S/C15H13NO2/c17-14-9-10-5-1-2-6-11(10)15(18)12-7-3-4-8-13(12)16-14/h1-8,10-11H,9H2,(H,16,17). The zero-order valence-corrected chi connectivity index (χ0v) is 9.80. The Balaban J connectivity index is 2.09. The first-order valence-corrected chi connectivity index (χ1v) is 6.04. The van der Waals surface area contributed by atoms with E-state index < -0.39 is 0 Å². The van der Waals surface area contributed by atoms with Gasteiger partial charge in [-0.25, -0.2) is 0 Å². The van der Waals surface area contributed by atoms with E-state index in [4.69, 9.17) is 0 Å². The predicted molar refractivity (Wildman–Crippen MR) is 69.3 cm³/mol.